The summed E-state index contributed by atoms with van der Waals surface area (Å²) in [6, 6.07) is 7.32. The Bertz CT molecular complexity index is 1050. The molecular formula is C27H41N2O10P. The molecule has 0 amide bonds. The van der Waals surface area contributed by atoms with E-state index in [1.807, 2.05) is 7.05 Å². The lowest BCUT2D eigenvalue weighted by Gasteiger charge is -2.27. The van der Waals surface area contributed by atoms with Crippen LogP contribution >= 0.6 is 7.75 Å². The van der Waals surface area contributed by atoms with Gasteiger partial charge in [0.15, 0.2) is 12.2 Å². The molecule has 0 radical (unpaired) electrons. The fourth-order valence-corrected chi connectivity index (χ4v) is 5.53. The van der Waals surface area contributed by atoms with E-state index >= 15 is 0 Å². The zero-order chi connectivity index (χ0) is 29.4. The van der Waals surface area contributed by atoms with Crippen LogP contribution in [0.5, 0.6) is 5.75 Å². The SMILES string of the molecule is CC(C)C(=O)OC1COC(COP(=O)(N[C@@H](C)C(=O)O[C@@H]2CCN(C)C2)Oc2ccccc2)C1OC(=O)C(C)C. The molecule has 4 unspecified atom stereocenters. The molecule has 2 fully saturated rings. The Morgan fingerprint density at radius 2 is 1.65 bits per heavy atom. The van der Waals surface area contributed by atoms with Crippen molar-refractivity contribution in [3.05, 3.63) is 30.3 Å². The zero-order valence-electron chi connectivity index (χ0n) is 23.9. The van der Waals surface area contributed by atoms with Crippen molar-refractivity contribution in [2.24, 2.45) is 11.8 Å². The van der Waals surface area contributed by atoms with Crippen molar-refractivity contribution in [1.82, 2.24) is 9.99 Å². The maximum absolute atomic E-state index is 13.9. The highest BCUT2D eigenvalue weighted by atomic mass is 31.2. The lowest BCUT2D eigenvalue weighted by Crippen LogP contribution is -2.42. The Labute approximate surface area is 235 Å². The second-order valence-corrected chi connectivity index (χ2v) is 12.4. The summed E-state index contributed by atoms with van der Waals surface area (Å²) in [5.41, 5.74) is 0. The number of ether oxygens (including phenoxy) is 4. The normalized spacial score (nSPS) is 25.4. The first-order valence-electron chi connectivity index (χ1n) is 13.6. The van der Waals surface area contributed by atoms with Crippen LogP contribution in [0.4, 0.5) is 0 Å². The topological polar surface area (TPSA) is 139 Å². The van der Waals surface area contributed by atoms with Crippen molar-refractivity contribution in [2.75, 3.05) is 33.4 Å². The molecule has 1 N–H and O–H groups in total. The molecule has 0 aliphatic carbocycles. The number of nitrogens with zero attached hydrogens (tertiary/aromatic N) is 1. The smallest absolute Gasteiger partial charge is 0.459 e. The average molecular weight is 585 g/mol. The number of likely N-dealkylation sites (N-methyl/N-ethyl adjacent to an activating group) is 1. The van der Waals surface area contributed by atoms with Gasteiger partial charge < -0.3 is 28.4 Å². The summed E-state index contributed by atoms with van der Waals surface area (Å²) in [4.78, 5) is 39.5. The lowest BCUT2D eigenvalue weighted by atomic mass is 10.1. The molecule has 3 rings (SSSR count). The monoisotopic (exact) mass is 584 g/mol. The van der Waals surface area contributed by atoms with Crippen molar-refractivity contribution in [3.63, 3.8) is 0 Å². The summed E-state index contributed by atoms with van der Waals surface area (Å²) in [6.45, 7) is 9.27. The number of benzene rings is 1. The Kier molecular flexibility index (Phi) is 11.5. The second kappa shape index (κ2) is 14.4. The molecule has 2 aliphatic rings. The Morgan fingerprint density at radius 3 is 2.25 bits per heavy atom. The zero-order valence-corrected chi connectivity index (χ0v) is 24.8. The number of likely N-dealkylation sites (tertiary alicyclic amines) is 1. The number of esters is 3. The van der Waals surface area contributed by atoms with E-state index in [-0.39, 0.29) is 25.1 Å². The molecule has 0 spiro atoms. The molecule has 12 nitrogen and oxygen atoms in total. The van der Waals surface area contributed by atoms with E-state index in [9.17, 15) is 18.9 Å². The van der Waals surface area contributed by atoms with Crippen LogP contribution in [-0.4, -0.2) is 86.6 Å². The van der Waals surface area contributed by atoms with E-state index in [1.54, 1.807) is 58.0 Å². The summed E-state index contributed by atoms with van der Waals surface area (Å²) >= 11 is 0. The number of para-hydroxylation sites is 1. The van der Waals surface area contributed by atoms with E-state index in [4.69, 9.17) is 28.0 Å². The van der Waals surface area contributed by atoms with Crippen LogP contribution in [0.2, 0.25) is 0 Å². The number of carbonyl (C=O) groups excluding carboxylic acids is 3. The average Bonchev–Trinajstić information content (AvgIpc) is 3.48. The first-order chi connectivity index (χ1) is 18.9. The van der Waals surface area contributed by atoms with E-state index in [0.29, 0.717) is 13.0 Å². The van der Waals surface area contributed by atoms with E-state index in [2.05, 4.69) is 9.99 Å². The third-order valence-electron chi connectivity index (χ3n) is 6.38. The third-order valence-corrected chi connectivity index (χ3v) is 8.03. The summed E-state index contributed by atoms with van der Waals surface area (Å²) in [5, 5.41) is 2.66. The van der Waals surface area contributed by atoms with Gasteiger partial charge in [-0.05, 0) is 32.5 Å². The predicted octanol–water partition coefficient (Wildman–Crippen LogP) is 2.95. The van der Waals surface area contributed by atoms with E-state index < -0.39 is 61.8 Å². The van der Waals surface area contributed by atoms with Crippen molar-refractivity contribution < 1.29 is 46.9 Å². The number of hydrogen-bond acceptors (Lipinski definition) is 11. The molecule has 0 saturated carbocycles. The van der Waals surface area contributed by atoms with Crippen LogP contribution < -0.4 is 9.61 Å². The molecular weight excluding hydrogens is 543 g/mol. The quantitative estimate of drug-likeness (QED) is 0.207. The summed E-state index contributed by atoms with van der Waals surface area (Å²) in [7, 11) is -2.25. The Morgan fingerprint density at radius 1 is 1.00 bits per heavy atom. The summed E-state index contributed by atoms with van der Waals surface area (Å²) in [6.07, 6.45) is -2.33. The maximum atomic E-state index is 13.9. The standard InChI is InChI=1S/C27H41N2O10P/c1-17(2)25(30)37-23-15-34-22(24(23)38-26(31)18(3)4)16-35-40(33,39-20-10-8-7-9-11-20)28-19(5)27(32)36-21-12-13-29(6)14-21/h7-11,17-19,21-24H,12-16H2,1-6H3,(H,28,33)/t19-,21+,22?,23?,24?,40?/m0/s1. The van der Waals surface area contributed by atoms with Crippen LogP contribution in [0.3, 0.4) is 0 Å². The van der Waals surface area contributed by atoms with E-state index in [1.165, 1.54) is 6.92 Å². The molecule has 0 bridgehead atoms. The highest BCUT2D eigenvalue weighted by Gasteiger charge is 2.45. The van der Waals surface area contributed by atoms with Gasteiger partial charge in [0.25, 0.3) is 0 Å². The number of carbonyl (C=O) groups is 3. The van der Waals surface area contributed by atoms with Gasteiger partial charge in [-0.15, -0.1) is 0 Å². The predicted molar refractivity (Wildman–Crippen MR) is 144 cm³/mol. The minimum absolute atomic E-state index is 0.0433. The molecule has 2 heterocycles. The largest absolute Gasteiger partial charge is 0.460 e. The molecule has 40 heavy (non-hydrogen) atoms. The highest BCUT2D eigenvalue weighted by molar-refractivity contribution is 7.52. The van der Waals surface area contributed by atoms with Crippen LogP contribution in [0.15, 0.2) is 30.3 Å². The molecule has 0 aromatic heterocycles. The number of nitrogens with one attached hydrogen (secondary N) is 1. The fraction of sp³-hybridized carbons (Fsp3) is 0.667. The first kappa shape index (κ1) is 32.0. The molecule has 2 saturated heterocycles. The second-order valence-electron chi connectivity index (χ2n) is 10.7. The number of rotatable bonds is 13. The molecule has 13 heteroatoms. The van der Waals surface area contributed by atoms with Gasteiger partial charge in [-0.3, -0.25) is 18.9 Å². The maximum Gasteiger partial charge on any atom is 0.459 e. The van der Waals surface area contributed by atoms with Crippen LogP contribution in [0, 0.1) is 11.8 Å². The minimum atomic E-state index is -4.19. The minimum Gasteiger partial charge on any atom is -0.460 e. The van der Waals surface area contributed by atoms with Gasteiger partial charge in [0.1, 0.15) is 24.0 Å². The summed E-state index contributed by atoms with van der Waals surface area (Å²) in [5.74, 6) is -2.17. The molecule has 224 valence electrons. The molecule has 6 atom stereocenters. The number of hydrogen-bond donors (Lipinski definition) is 1. The highest BCUT2D eigenvalue weighted by Crippen LogP contribution is 2.45. The first-order valence-corrected chi connectivity index (χ1v) is 15.1. The third kappa shape index (κ3) is 9.27. The van der Waals surface area contributed by atoms with Gasteiger partial charge in [-0.1, -0.05) is 45.9 Å². The van der Waals surface area contributed by atoms with E-state index in [0.717, 1.165) is 6.54 Å². The summed E-state index contributed by atoms with van der Waals surface area (Å²) < 4.78 is 47.8. The van der Waals surface area contributed by atoms with Crippen LogP contribution in [-0.2, 0) is 42.4 Å². The van der Waals surface area contributed by atoms with Gasteiger partial charge in [0.05, 0.1) is 25.0 Å². The molecule has 2 aliphatic heterocycles. The lowest BCUT2D eigenvalue weighted by molar-refractivity contribution is -0.170. The molecule has 1 aromatic carbocycles. The van der Waals surface area contributed by atoms with Gasteiger partial charge >= 0.3 is 25.7 Å². The van der Waals surface area contributed by atoms with Crippen LogP contribution in [0.25, 0.3) is 0 Å². The van der Waals surface area contributed by atoms with Crippen molar-refractivity contribution in [3.8, 4) is 5.75 Å². The Balaban J connectivity index is 1.73. The van der Waals surface area contributed by atoms with Gasteiger partial charge in [-0.25, -0.2) is 4.57 Å². The van der Waals surface area contributed by atoms with Crippen LogP contribution in [0.1, 0.15) is 41.0 Å². The van der Waals surface area contributed by atoms with Gasteiger partial charge in [0.2, 0.25) is 0 Å². The van der Waals surface area contributed by atoms with Crippen molar-refractivity contribution in [1.29, 1.82) is 0 Å². The Hall–Kier alpha value is -2.50. The van der Waals surface area contributed by atoms with Crippen molar-refractivity contribution >= 4 is 25.7 Å². The van der Waals surface area contributed by atoms with Gasteiger partial charge in [0, 0.05) is 13.1 Å². The fourth-order valence-electron chi connectivity index (χ4n) is 4.03. The van der Waals surface area contributed by atoms with Crippen molar-refractivity contribution in [2.45, 2.75) is 71.5 Å². The van der Waals surface area contributed by atoms with Gasteiger partial charge in [-0.2, -0.15) is 5.09 Å². The molecule has 1 aromatic rings.